The van der Waals surface area contributed by atoms with E-state index in [1.165, 1.54) is 12.1 Å². The Morgan fingerprint density at radius 2 is 2.05 bits per heavy atom. The van der Waals surface area contributed by atoms with Crippen molar-refractivity contribution in [2.45, 2.75) is 19.3 Å². The van der Waals surface area contributed by atoms with E-state index in [4.69, 9.17) is 0 Å². The highest BCUT2D eigenvalue weighted by molar-refractivity contribution is 7.09. The van der Waals surface area contributed by atoms with Crippen molar-refractivity contribution in [1.29, 1.82) is 0 Å². The Balaban J connectivity index is 1.65. The van der Waals surface area contributed by atoms with Gasteiger partial charge in [0, 0.05) is 31.0 Å². The Hall–Kier alpha value is -1.75. The summed E-state index contributed by atoms with van der Waals surface area (Å²) in [7, 11) is 0. The number of rotatable bonds is 6. The van der Waals surface area contributed by atoms with E-state index in [0.29, 0.717) is 25.8 Å². The van der Waals surface area contributed by atoms with Crippen LogP contribution in [-0.4, -0.2) is 17.4 Å². The highest BCUT2D eigenvalue weighted by Gasteiger charge is 2.03. The van der Waals surface area contributed by atoms with Gasteiger partial charge in [0.1, 0.15) is 5.82 Å². The van der Waals surface area contributed by atoms with Gasteiger partial charge in [0.05, 0.1) is 5.01 Å². The van der Waals surface area contributed by atoms with Crippen LogP contribution >= 0.6 is 11.3 Å². The first-order chi connectivity index (χ1) is 9.24. The summed E-state index contributed by atoms with van der Waals surface area (Å²) in [6.45, 7) is 0.572. The number of benzene rings is 1. The third kappa shape index (κ3) is 4.79. The van der Waals surface area contributed by atoms with Gasteiger partial charge in [-0.15, -0.1) is 11.3 Å². The van der Waals surface area contributed by atoms with Crippen molar-refractivity contribution in [3.05, 3.63) is 52.2 Å². The SMILES string of the molecule is O=C(CCc1nccs1)NCCc1ccc(F)cc1. The highest BCUT2D eigenvalue weighted by Crippen LogP contribution is 2.06. The van der Waals surface area contributed by atoms with Gasteiger partial charge in [-0.3, -0.25) is 4.79 Å². The molecule has 0 atom stereocenters. The van der Waals surface area contributed by atoms with Gasteiger partial charge in [-0.25, -0.2) is 9.37 Å². The number of amides is 1. The van der Waals surface area contributed by atoms with Crippen LogP contribution in [0.4, 0.5) is 4.39 Å². The molecule has 0 aliphatic heterocycles. The average Bonchev–Trinajstić information content (AvgIpc) is 2.92. The molecule has 19 heavy (non-hydrogen) atoms. The summed E-state index contributed by atoms with van der Waals surface area (Å²) >= 11 is 1.56. The molecule has 5 heteroatoms. The Labute approximate surface area is 115 Å². The minimum Gasteiger partial charge on any atom is -0.356 e. The second-order valence-corrected chi connectivity index (χ2v) is 5.13. The molecule has 0 saturated carbocycles. The molecular formula is C14H15FN2OS. The lowest BCUT2D eigenvalue weighted by atomic mass is 10.1. The molecule has 3 nitrogen and oxygen atoms in total. The molecule has 2 rings (SSSR count). The number of nitrogens with zero attached hydrogens (tertiary/aromatic N) is 1. The standard InChI is InChI=1S/C14H15FN2OS/c15-12-3-1-11(2-4-12)7-8-16-13(18)5-6-14-17-9-10-19-14/h1-4,9-10H,5-8H2,(H,16,18). The van der Waals surface area contributed by atoms with Crippen LogP contribution in [0.15, 0.2) is 35.8 Å². The quantitative estimate of drug-likeness (QED) is 0.882. The lowest BCUT2D eigenvalue weighted by Gasteiger charge is -2.04. The molecule has 0 bridgehead atoms. The van der Waals surface area contributed by atoms with Crippen LogP contribution in [-0.2, 0) is 17.6 Å². The van der Waals surface area contributed by atoms with Crippen molar-refractivity contribution in [1.82, 2.24) is 10.3 Å². The summed E-state index contributed by atoms with van der Waals surface area (Å²) in [6, 6.07) is 6.33. The van der Waals surface area contributed by atoms with E-state index in [9.17, 15) is 9.18 Å². The van der Waals surface area contributed by atoms with Crippen LogP contribution in [0.3, 0.4) is 0 Å². The summed E-state index contributed by atoms with van der Waals surface area (Å²) in [5, 5.41) is 5.74. The molecule has 1 aromatic carbocycles. The smallest absolute Gasteiger partial charge is 0.220 e. The van der Waals surface area contributed by atoms with Gasteiger partial charge < -0.3 is 5.32 Å². The summed E-state index contributed by atoms with van der Waals surface area (Å²) in [5.41, 5.74) is 1.02. The van der Waals surface area contributed by atoms with Gasteiger partial charge in [-0.2, -0.15) is 0 Å². The lowest BCUT2D eigenvalue weighted by Crippen LogP contribution is -2.25. The van der Waals surface area contributed by atoms with Crippen molar-refractivity contribution in [2.75, 3.05) is 6.54 Å². The zero-order valence-corrected chi connectivity index (χ0v) is 11.3. The summed E-state index contributed by atoms with van der Waals surface area (Å²) in [5.74, 6) is -0.214. The molecule has 0 unspecified atom stereocenters. The zero-order valence-electron chi connectivity index (χ0n) is 10.4. The van der Waals surface area contributed by atoms with Gasteiger partial charge in [0.25, 0.3) is 0 Å². The van der Waals surface area contributed by atoms with Crippen molar-refractivity contribution in [3.8, 4) is 0 Å². The number of halogens is 1. The summed E-state index contributed by atoms with van der Waals surface area (Å²) in [4.78, 5) is 15.7. The number of aromatic nitrogens is 1. The van der Waals surface area contributed by atoms with Crippen molar-refractivity contribution in [3.63, 3.8) is 0 Å². The molecule has 0 fully saturated rings. The molecule has 0 aliphatic carbocycles. The van der Waals surface area contributed by atoms with Crippen molar-refractivity contribution in [2.24, 2.45) is 0 Å². The number of thiazole rings is 1. The van der Waals surface area contributed by atoms with E-state index in [2.05, 4.69) is 10.3 Å². The number of hydrogen-bond donors (Lipinski definition) is 1. The normalized spacial score (nSPS) is 10.4. The number of nitrogens with one attached hydrogen (secondary N) is 1. The Morgan fingerprint density at radius 1 is 1.26 bits per heavy atom. The van der Waals surface area contributed by atoms with E-state index in [1.54, 1.807) is 29.7 Å². The monoisotopic (exact) mass is 278 g/mol. The van der Waals surface area contributed by atoms with Gasteiger partial charge in [0.2, 0.25) is 5.91 Å². The second-order valence-electron chi connectivity index (χ2n) is 4.15. The number of hydrogen-bond acceptors (Lipinski definition) is 3. The largest absolute Gasteiger partial charge is 0.356 e. The first-order valence-electron chi connectivity index (χ1n) is 6.13. The van der Waals surface area contributed by atoms with Gasteiger partial charge in [-0.1, -0.05) is 12.1 Å². The molecule has 1 aromatic heterocycles. The van der Waals surface area contributed by atoms with Crippen molar-refractivity contribution >= 4 is 17.2 Å². The van der Waals surface area contributed by atoms with E-state index >= 15 is 0 Å². The fourth-order valence-electron chi connectivity index (χ4n) is 1.68. The number of carbonyl (C=O) groups excluding carboxylic acids is 1. The highest BCUT2D eigenvalue weighted by atomic mass is 32.1. The Bertz CT molecular complexity index is 511. The first kappa shape index (κ1) is 13.7. The molecular weight excluding hydrogens is 263 g/mol. The summed E-state index contributed by atoms with van der Waals surface area (Å²) in [6.07, 6.45) is 3.59. The fraction of sp³-hybridized carbons (Fsp3) is 0.286. The molecule has 2 aromatic rings. The van der Waals surface area contributed by atoms with Crippen molar-refractivity contribution < 1.29 is 9.18 Å². The van der Waals surface area contributed by atoms with Gasteiger partial charge in [-0.05, 0) is 24.1 Å². The van der Waals surface area contributed by atoms with Gasteiger partial charge in [0.15, 0.2) is 0 Å². The first-order valence-corrected chi connectivity index (χ1v) is 7.01. The molecule has 0 spiro atoms. The van der Waals surface area contributed by atoms with Crippen LogP contribution in [0.1, 0.15) is 17.0 Å². The minimum absolute atomic E-state index is 0.0253. The summed E-state index contributed by atoms with van der Waals surface area (Å²) < 4.78 is 12.7. The molecule has 100 valence electrons. The van der Waals surface area contributed by atoms with Crippen LogP contribution in [0.2, 0.25) is 0 Å². The number of carbonyl (C=O) groups is 1. The lowest BCUT2D eigenvalue weighted by molar-refractivity contribution is -0.121. The topological polar surface area (TPSA) is 42.0 Å². The van der Waals surface area contributed by atoms with Crippen LogP contribution < -0.4 is 5.32 Å². The molecule has 1 N–H and O–H groups in total. The zero-order chi connectivity index (χ0) is 13.5. The molecule has 0 radical (unpaired) electrons. The Morgan fingerprint density at radius 3 is 2.74 bits per heavy atom. The van der Waals surface area contributed by atoms with Crippen LogP contribution in [0, 0.1) is 5.82 Å². The maximum Gasteiger partial charge on any atom is 0.220 e. The molecule has 0 aliphatic rings. The number of aryl methyl sites for hydroxylation is 1. The maximum atomic E-state index is 12.7. The average molecular weight is 278 g/mol. The van der Waals surface area contributed by atoms with E-state index in [0.717, 1.165) is 10.6 Å². The Kier molecular flexibility index (Phi) is 5.03. The second kappa shape index (κ2) is 6.99. The maximum absolute atomic E-state index is 12.7. The van der Waals surface area contributed by atoms with Crippen LogP contribution in [0.25, 0.3) is 0 Å². The predicted molar refractivity (Wildman–Crippen MR) is 73.5 cm³/mol. The van der Waals surface area contributed by atoms with E-state index in [-0.39, 0.29) is 11.7 Å². The molecule has 1 heterocycles. The van der Waals surface area contributed by atoms with Gasteiger partial charge >= 0.3 is 0 Å². The van der Waals surface area contributed by atoms with E-state index < -0.39 is 0 Å². The molecule has 1 amide bonds. The predicted octanol–water partition coefficient (Wildman–Crippen LogP) is 2.57. The minimum atomic E-state index is -0.240. The third-order valence-corrected chi connectivity index (χ3v) is 3.54. The molecule has 0 saturated heterocycles. The third-order valence-electron chi connectivity index (χ3n) is 2.70. The fourth-order valence-corrected chi connectivity index (χ4v) is 2.30. The van der Waals surface area contributed by atoms with E-state index in [1.807, 2.05) is 5.38 Å². The van der Waals surface area contributed by atoms with Crippen LogP contribution in [0.5, 0.6) is 0 Å².